The number of ketones is 1. The Balaban J connectivity index is 3.30. The Morgan fingerprint density at radius 2 is 0.867 bits per heavy atom. The van der Waals surface area contributed by atoms with E-state index in [2.05, 4.69) is 19.2 Å². The summed E-state index contributed by atoms with van der Waals surface area (Å²) < 4.78 is 0. The van der Waals surface area contributed by atoms with Gasteiger partial charge in [-0.15, -0.1) is 0 Å². The highest BCUT2D eigenvalue weighted by molar-refractivity contribution is 5.80. The van der Waals surface area contributed by atoms with Crippen molar-refractivity contribution >= 4 is 11.7 Å². The molecule has 0 aliphatic rings. The zero-order chi connectivity index (χ0) is 22.1. The number of Topliss-reactive ketones (excluding diaryl/α,β-unsaturated/α-hetero) is 1. The lowest BCUT2D eigenvalue weighted by atomic mass is 10.0. The molecule has 0 heterocycles. The molecule has 1 amide bonds. The van der Waals surface area contributed by atoms with E-state index in [4.69, 9.17) is 0 Å². The maximum absolute atomic E-state index is 11.9. The fourth-order valence-corrected chi connectivity index (χ4v) is 3.96. The molecule has 0 aromatic heterocycles. The molecular formula is C27H53NO2. The molecule has 30 heavy (non-hydrogen) atoms. The second kappa shape index (κ2) is 24.4. The van der Waals surface area contributed by atoms with Crippen LogP contribution in [-0.2, 0) is 9.59 Å². The summed E-state index contributed by atoms with van der Waals surface area (Å²) >= 11 is 0. The van der Waals surface area contributed by atoms with E-state index in [0.717, 1.165) is 19.4 Å². The molecule has 0 saturated heterocycles. The van der Waals surface area contributed by atoms with E-state index in [-0.39, 0.29) is 5.91 Å². The molecule has 0 aromatic carbocycles. The van der Waals surface area contributed by atoms with Gasteiger partial charge in [-0.05, 0) is 19.3 Å². The Hall–Kier alpha value is -0.860. The summed E-state index contributed by atoms with van der Waals surface area (Å²) in [6, 6.07) is 0. The molecule has 0 atom stereocenters. The largest absolute Gasteiger partial charge is 0.356 e. The maximum Gasteiger partial charge on any atom is 0.220 e. The number of hydrogen-bond donors (Lipinski definition) is 1. The van der Waals surface area contributed by atoms with Gasteiger partial charge in [-0.2, -0.15) is 0 Å². The van der Waals surface area contributed by atoms with Gasteiger partial charge in [0.15, 0.2) is 0 Å². The highest BCUT2D eigenvalue weighted by atomic mass is 16.1. The van der Waals surface area contributed by atoms with E-state index in [0.29, 0.717) is 31.5 Å². The average Bonchev–Trinajstić information content (AvgIpc) is 2.74. The van der Waals surface area contributed by atoms with Crippen molar-refractivity contribution in [2.75, 3.05) is 6.54 Å². The van der Waals surface area contributed by atoms with Crippen LogP contribution in [0.25, 0.3) is 0 Å². The standard InChI is InChI=1S/C27H53NO2/c1-3-5-7-9-11-13-14-16-18-20-25-28-27(30)24-21-23-26(29)22-19-17-15-12-10-8-6-4-2/h3-25H2,1-2H3,(H,28,30). The van der Waals surface area contributed by atoms with Crippen LogP contribution in [0.2, 0.25) is 0 Å². The first-order valence-corrected chi connectivity index (χ1v) is 13.5. The van der Waals surface area contributed by atoms with Gasteiger partial charge in [-0.3, -0.25) is 9.59 Å². The lowest BCUT2D eigenvalue weighted by Gasteiger charge is -2.06. The molecule has 3 nitrogen and oxygen atoms in total. The molecule has 0 aliphatic heterocycles. The van der Waals surface area contributed by atoms with Crippen LogP contribution >= 0.6 is 0 Å². The van der Waals surface area contributed by atoms with Gasteiger partial charge in [0.05, 0.1) is 0 Å². The van der Waals surface area contributed by atoms with Crippen LogP contribution in [0.1, 0.15) is 155 Å². The molecule has 0 rings (SSSR count). The summed E-state index contributed by atoms with van der Waals surface area (Å²) in [5.41, 5.74) is 0. The highest BCUT2D eigenvalue weighted by Gasteiger charge is 2.05. The van der Waals surface area contributed by atoms with E-state index < -0.39 is 0 Å². The SMILES string of the molecule is CCCCCCCCCCCCNC(=O)CCCC(=O)CCCCCCCCCC. The molecule has 0 aromatic rings. The molecule has 0 spiro atoms. The minimum atomic E-state index is 0.116. The summed E-state index contributed by atoms with van der Waals surface area (Å²) in [5, 5.41) is 3.01. The molecule has 0 saturated carbocycles. The number of carbonyl (C=O) groups is 2. The zero-order valence-electron chi connectivity index (χ0n) is 20.6. The van der Waals surface area contributed by atoms with Gasteiger partial charge >= 0.3 is 0 Å². The summed E-state index contributed by atoms with van der Waals surface area (Å²) in [4.78, 5) is 23.8. The van der Waals surface area contributed by atoms with Gasteiger partial charge in [0.2, 0.25) is 5.91 Å². The van der Waals surface area contributed by atoms with Gasteiger partial charge in [-0.25, -0.2) is 0 Å². The van der Waals surface area contributed by atoms with Crippen molar-refractivity contribution in [3.63, 3.8) is 0 Å². The van der Waals surface area contributed by atoms with Crippen LogP contribution in [0.3, 0.4) is 0 Å². The second-order valence-electron chi connectivity index (χ2n) is 9.15. The third-order valence-electron chi connectivity index (χ3n) is 6.02. The van der Waals surface area contributed by atoms with Crippen molar-refractivity contribution in [1.82, 2.24) is 5.32 Å². The lowest BCUT2D eigenvalue weighted by molar-refractivity contribution is -0.121. The zero-order valence-corrected chi connectivity index (χ0v) is 20.6. The highest BCUT2D eigenvalue weighted by Crippen LogP contribution is 2.12. The molecule has 1 N–H and O–H groups in total. The molecule has 178 valence electrons. The number of rotatable bonds is 24. The first-order chi connectivity index (χ1) is 14.7. The third-order valence-corrected chi connectivity index (χ3v) is 6.02. The minimum absolute atomic E-state index is 0.116. The third kappa shape index (κ3) is 23.4. The Morgan fingerprint density at radius 3 is 1.37 bits per heavy atom. The molecule has 0 radical (unpaired) electrons. The summed E-state index contributed by atoms with van der Waals surface area (Å²) in [6.07, 6.45) is 25.8. The molecule has 3 heteroatoms. The second-order valence-corrected chi connectivity index (χ2v) is 9.15. The number of amides is 1. The predicted molar refractivity (Wildman–Crippen MR) is 131 cm³/mol. The van der Waals surface area contributed by atoms with Gasteiger partial charge in [-0.1, -0.05) is 117 Å². The predicted octanol–water partition coefficient (Wildman–Crippen LogP) is 8.29. The topological polar surface area (TPSA) is 46.2 Å². The van der Waals surface area contributed by atoms with Crippen molar-refractivity contribution in [3.05, 3.63) is 0 Å². The first-order valence-electron chi connectivity index (χ1n) is 13.5. The minimum Gasteiger partial charge on any atom is -0.356 e. The van der Waals surface area contributed by atoms with E-state index >= 15 is 0 Å². The Bertz CT molecular complexity index is 381. The van der Waals surface area contributed by atoms with Crippen LogP contribution < -0.4 is 5.32 Å². The summed E-state index contributed by atoms with van der Waals surface area (Å²) in [6.45, 7) is 5.30. The summed E-state index contributed by atoms with van der Waals surface area (Å²) in [5.74, 6) is 0.453. The quantitative estimate of drug-likeness (QED) is 0.159. The van der Waals surface area contributed by atoms with Gasteiger partial charge in [0, 0.05) is 25.8 Å². The van der Waals surface area contributed by atoms with Gasteiger partial charge in [0.25, 0.3) is 0 Å². The van der Waals surface area contributed by atoms with Crippen molar-refractivity contribution in [2.45, 2.75) is 155 Å². The molecule has 0 unspecified atom stereocenters. The number of nitrogens with one attached hydrogen (secondary N) is 1. The number of unbranched alkanes of at least 4 members (excludes halogenated alkanes) is 16. The van der Waals surface area contributed by atoms with Crippen molar-refractivity contribution in [1.29, 1.82) is 0 Å². The lowest BCUT2D eigenvalue weighted by Crippen LogP contribution is -2.24. The molecule has 0 fully saturated rings. The maximum atomic E-state index is 11.9. The van der Waals surface area contributed by atoms with E-state index in [1.165, 1.54) is 103 Å². The number of hydrogen-bond acceptors (Lipinski definition) is 2. The first kappa shape index (κ1) is 29.1. The van der Waals surface area contributed by atoms with E-state index in [1.54, 1.807) is 0 Å². The summed E-state index contributed by atoms with van der Waals surface area (Å²) in [7, 11) is 0. The molecule has 0 aliphatic carbocycles. The van der Waals surface area contributed by atoms with Crippen molar-refractivity contribution < 1.29 is 9.59 Å². The van der Waals surface area contributed by atoms with Crippen LogP contribution in [0, 0.1) is 0 Å². The fourth-order valence-electron chi connectivity index (χ4n) is 3.96. The Kier molecular flexibility index (Phi) is 23.7. The van der Waals surface area contributed by atoms with Crippen LogP contribution in [0.4, 0.5) is 0 Å². The van der Waals surface area contributed by atoms with Crippen molar-refractivity contribution in [3.8, 4) is 0 Å². The van der Waals surface area contributed by atoms with Gasteiger partial charge in [0.1, 0.15) is 5.78 Å². The molecular weight excluding hydrogens is 370 g/mol. The smallest absolute Gasteiger partial charge is 0.220 e. The number of carbonyl (C=O) groups excluding carboxylic acids is 2. The van der Waals surface area contributed by atoms with Crippen molar-refractivity contribution in [2.24, 2.45) is 0 Å². The fraction of sp³-hybridized carbons (Fsp3) is 0.926. The van der Waals surface area contributed by atoms with Crippen LogP contribution in [0.15, 0.2) is 0 Å². The van der Waals surface area contributed by atoms with Crippen LogP contribution in [-0.4, -0.2) is 18.2 Å². The monoisotopic (exact) mass is 423 g/mol. The Morgan fingerprint density at radius 1 is 0.467 bits per heavy atom. The normalized spacial score (nSPS) is 11.0. The molecule has 0 bridgehead atoms. The average molecular weight is 424 g/mol. The van der Waals surface area contributed by atoms with Crippen LogP contribution in [0.5, 0.6) is 0 Å². The van der Waals surface area contributed by atoms with E-state index in [1.807, 2.05) is 0 Å². The van der Waals surface area contributed by atoms with E-state index in [9.17, 15) is 9.59 Å². The Labute approximate surface area is 188 Å². The van der Waals surface area contributed by atoms with Gasteiger partial charge < -0.3 is 5.32 Å².